The number of nitrogens with zero attached hydrogens (tertiary/aromatic N) is 2. The van der Waals surface area contributed by atoms with E-state index in [1.165, 1.54) is 5.56 Å². The molecule has 0 bridgehead atoms. The molecule has 0 fully saturated rings. The maximum atomic E-state index is 4.17. The first kappa shape index (κ1) is 7.82. The number of aromatic nitrogens is 3. The summed E-state index contributed by atoms with van der Waals surface area (Å²) in [5.74, 6) is 0.935. The van der Waals surface area contributed by atoms with Crippen molar-refractivity contribution in [2.75, 3.05) is 0 Å². The molecule has 0 radical (unpaired) electrons. The second-order valence-electron chi connectivity index (χ2n) is 2.19. The molecule has 0 saturated heterocycles. The molecule has 0 atom stereocenters. The van der Waals surface area contributed by atoms with Crippen molar-refractivity contribution < 1.29 is 0 Å². The third-order valence-corrected chi connectivity index (χ3v) is 3.36. The summed E-state index contributed by atoms with van der Waals surface area (Å²) >= 11 is 3.40. The topological polar surface area (TPSA) is 41.6 Å². The maximum Gasteiger partial charge on any atom is 0.150 e. The highest BCUT2D eigenvalue weighted by Gasteiger charge is 1.98. The number of aromatic amines is 1. The van der Waals surface area contributed by atoms with Crippen molar-refractivity contribution in [2.45, 2.75) is 10.1 Å². The van der Waals surface area contributed by atoms with E-state index in [9.17, 15) is 0 Å². The molecule has 1 N–H and O–H groups in total. The average molecular weight is 197 g/mol. The summed E-state index contributed by atoms with van der Waals surface area (Å²) in [5, 5.41) is 8.63. The van der Waals surface area contributed by atoms with Crippen LogP contribution in [0, 0.1) is 0 Å². The molecule has 0 amide bonds. The monoisotopic (exact) mass is 197 g/mol. The van der Waals surface area contributed by atoms with Crippen LogP contribution in [-0.4, -0.2) is 15.2 Å². The van der Waals surface area contributed by atoms with Gasteiger partial charge in [0.25, 0.3) is 0 Å². The van der Waals surface area contributed by atoms with Gasteiger partial charge in [-0.25, -0.2) is 4.98 Å². The Kier molecular flexibility index (Phi) is 2.43. The second-order valence-corrected chi connectivity index (χ2v) is 4.31. The molecule has 0 aromatic carbocycles. The van der Waals surface area contributed by atoms with E-state index in [0.29, 0.717) is 0 Å². The molecule has 62 valence electrons. The van der Waals surface area contributed by atoms with Crippen LogP contribution in [0.25, 0.3) is 0 Å². The maximum absolute atomic E-state index is 4.17. The van der Waals surface area contributed by atoms with Gasteiger partial charge in [0.2, 0.25) is 0 Å². The van der Waals surface area contributed by atoms with Gasteiger partial charge in [-0.05, 0) is 0 Å². The first-order valence-corrected chi connectivity index (χ1v) is 5.31. The lowest BCUT2D eigenvalue weighted by atomic mass is 10.4. The molecule has 2 aromatic rings. The fourth-order valence-corrected chi connectivity index (χ4v) is 2.34. The van der Waals surface area contributed by atoms with E-state index < -0.39 is 0 Å². The highest BCUT2D eigenvalue weighted by atomic mass is 32.2. The lowest BCUT2D eigenvalue weighted by Gasteiger charge is -1.91. The number of hydrogen-bond acceptors (Lipinski definition) is 4. The van der Waals surface area contributed by atoms with Crippen LogP contribution in [0.1, 0.15) is 5.56 Å². The van der Waals surface area contributed by atoms with Gasteiger partial charge in [-0.1, -0.05) is 11.8 Å². The zero-order valence-electron chi connectivity index (χ0n) is 6.23. The Balaban J connectivity index is 1.91. The molecular formula is C7H7N3S2. The molecule has 2 rings (SSSR count). The van der Waals surface area contributed by atoms with Crippen molar-refractivity contribution in [1.29, 1.82) is 0 Å². The molecule has 0 unspecified atom stereocenters. The SMILES string of the molecule is c1csc(SCc2cn[nH]c2)n1. The minimum atomic E-state index is 0.935. The highest BCUT2D eigenvalue weighted by Crippen LogP contribution is 2.23. The Hall–Kier alpha value is -0.810. The Morgan fingerprint density at radius 2 is 2.58 bits per heavy atom. The van der Waals surface area contributed by atoms with E-state index in [-0.39, 0.29) is 0 Å². The average Bonchev–Trinajstić information content (AvgIpc) is 2.74. The van der Waals surface area contributed by atoms with Gasteiger partial charge in [0, 0.05) is 29.1 Å². The summed E-state index contributed by atoms with van der Waals surface area (Å²) < 4.78 is 1.11. The largest absolute Gasteiger partial charge is 0.285 e. The third-order valence-electron chi connectivity index (χ3n) is 1.33. The van der Waals surface area contributed by atoms with E-state index in [1.54, 1.807) is 23.1 Å². The quantitative estimate of drug-likeness (QED) is 0.767. The molecule has 5 heteroatoms. The van der Waals surface area contributed by atoms with Crippen molar-refractivity contribution in [2.24, 2.45) is 0 Å². The number of hydrogen-bond donors (Lipinski definition) is 1. The van der Waals surface area contributed by atoms with Crippen molar-refractivity contribution in [3.8, 4) is 0 Å². The van der Waals surface area contributed by atoms with Crippen molar-refractivity contribution >= 4 is 23.1 Å². The van der Waals surface area contributed by atoms with Crippen molar-refractivity contribution in [1.82, 2.24) is 15.2 Å². The normalized spacial score (nSPS) is 10.3. The predicted molar refractivity (Wildman–Crippen MR) is 50.3 cm³/mol. The Morgan fingerprint density at radius 1 is 1.58 bits per heavy atom. The number of nitrogens with one attached hydrogen (secondary N) is 1. The number of H-pyrrole nitrogens is 1. The van der Waals surface area contributed by atoms with Gasteiger partial charge in [0.15, 0.2) is 0 Å². The van der Waals surface area contributed by atoms with Crippen molar-refractivity contribution in [3.63, 3.8) is 0 Å². The van der Waals surface area contributed by atoms with E-state index in [4.69, 9.17) is 0 Å². The molecule has 2 aromatic heterocycles. The summed E-state index contributed by atoms with van der Waals surface area (Å²) in [6.45, 7) is 0. The molecule has 0 spiro atoms. The lowest BCUT2D eigenvalue weighted by molar-refractivity contribution is 1.09. The first-order chi connectivity index (χ1) is 5.95. The Labute approximate surface area is 78.2 Å². The molecule has 0 aliphatic carbocycles. The van der Waals surface area contributed by atoms with Gasteiger partial charge in [0.1, 0.15) is 4.34 Å². The van der Waals surface area contributed by atoms with Crippen LogP contribution in [0.3, 0.4) is 0 Å². The molecule has 0 aliphatic heterocycles. The summed E-state index contributed by atoms with van der Waals surface area (Å²) in [5.41, 5.74) is 1.20. The van der Waals surface area contributed by atoms with Crippen LogP contribution in [0.5, 0.6) is 0 Å². The predicted octanol–water partition coefficient (Wildman–Crippen LogP) is 2.16. The zero-order valence-corrected chi connectivity index (χ0v) is 7.86. The van der Waals surface area contributed by atoms with Crippen LogP contribution in [0.15, 0.2) is 28.3 Å². The summed E-state index contributed by atoms with van der Waals surface area (Å²) in [7, 11) is 0. The minimum Gasteiger partial charge on any atom is -0.285 e. The lowest BCUT2D eigenvalue weighted by Crippen LogP contribution is -1.73. The second kappa shape index (κ2) is 3.73. The van der Waals surface area contributed by atoms with Crippen LogP contribution in [0.2, 0.25) is 0 Å². The molecular weight excluding hydrogens is 190 g/mol. The van der Waals surface area contributed by atoms with E-state index in [2.05, 4.69) is 15.2 Å². The highest BCUT2D eigenvalue weighted by molar-refractivity contribution is 8.00. The van der Waals surface area contributed by atoms with Crippen molar-refractivity contribution in [3.05, 3.63) is 29.5 Å². The fourth-order valence-electron chi connectivity index (χ4n) is 0.783. The fraction of sp³-hybridized carbons (Fsp3) is 0.143. The molecule has 3 nitrogen and oxygen atoms in total. The number of rotatable bonds is 3. The smallest absolute Gasteiger partial charge is 0.150 e. The van der Waals surface area contributed by atoms with E-state index in [0.717, 1.165) is 10.1 Å². The molecule has 12 heavy (non-hydrogen) atoms. The van der Waals surface area contributed by atoms with Gasteiger partial charge in [-0.15, -0.1) is 11.3 Å². The van der Waals surface area contributed by atoms with Crippen LogP contribution >= 0.6 is 23.1 Å². The third kappa shape index (κ3) is 1.86. The van der Waals surface area contributed by atoms with Gasteiger partial charge in [0.05, 0.1) is 6.20 Å². The standard InChI is InChI=1S/C7H7N3S2/c1-2-11-7(8-1)12-5-6-3-9-10-4-6/h1-4H,5H2,(H,9,10). The van der Waals surface area contributed by atoms with Gasteiger partial charge in [-0.3, -0.25) is 5.10 Å². The number of thiazole rings is 1. The summed E-state index contributed by atoms with van der Waals surface area (Å²) in [4.78, 5) is 4.17. The van der Waals surface area contributed by atoms with Gasteiger partial charge < -0.3 is 0 Å². The van der Waals surface area contributed by atoms with Crippen LogP contribution in [-0.2, 0) is 5.75 Å². The number of thioether (sulfide) groups is 1. The first-order valence-electron chi connectivity index (χ1n) is 3.45. The summed E-state index contributed by atoms with van der Waals surface area (Å²) in [6.07, 6.45) is 5.56. The van der Waals surface area contributed by atoms with Gasteiger partial charge in [-0.2, -0.15) is 5.10 Å². The molecule has 2 heterocycles. The Bertz CT molecular complexity index is 280. The van der Waals surface area contributed by atoms with Gasteiger partial charge >= 0.3 is 0 Å². The van der Waals surface area contributed by atoms with Crippen LogP contribution < -0.4 is 0 Å². The van der Waals surface area contributed by atoms with Crippen LogP contribution in [0.4, 0.5) is 0 Å². The molecule has 0 saturated carbocycles. The minimum absolute atomic E-state index is 0.935. The van der Waals surface area contributed by atoms with E-state index >= 15 is 0 Å². The summed E-state index contributed by atoms with van der Waals surface area (Å²) in [6, 6.07) is 0. The molecule has 0 aliphatic rings. The zero-order chi connectivity index (χ0) is 8.23. The van der Waals surface area contributed by atoms with E-state index in [1.807, 2.05) is 24.0 Å². The Morgan fingerprint density at radius 3 is 3.25 bits per heavy atom.